The molecule has 0 amide bonds. The minimum Gasteiger partial charge on any atom is -0.504 e. The number of phenols is 1. The molecule has 0 unspecified atom stereocenters. The number of para-hydroxylation sites is 1. The van der Waals surface area contributed by atoms with E-state index in [1.807, 2.05) is 6.07 Å². The molecule has 4 aliphatic heterocycles. The summed E-state index contributed by atoms with van der Waals surface area (Å²) in [5.74, 6) is 2.08. The Bertz CT molecular complexity index is 1430. The van der Waals surface area contributed by atoms with E-state index in [4.69, 9.17) is 9.72 Å². The van der Waals surface area contributed by atoms with Crippen molar-refractivity contribution in [3.05, 3.63) is 65.4 Å². The van der Waals surface area contributed by atoms with Gasteiger partial charge in [-0.05, 0) is 87.7 Å². The lowest BCUT2D eigenvalue weighted by atomic mass is 9.42. The van der Waals surface area contributed by atoms with Crippen molar-refractivity contribution in [1.82, 2.24) is 14.8 Å². The predicted octanol–water partition coefficient (Wildman–Crippen LogP) is 5.03. The highest BCUT2D eigenvalue weighted by Gasteiger charge is 2.74. The number of likely N-dealkylation sites (tertiary alicyclic amines) is 1. The number of phenolic OH excluding ortho intramolecular Hbond substituents is 1. The van der Waals surface area contributed by atoms with Crippen molar-refractivity contribution in [3.8, 4) is 11.5 Å². The third-order valence-corrected chi connectivity index (χ3v) is 11.3. The van der Waals surface area contributed by atoms with E-state index in [-0.39, 0.29) is 16.9 Å². The summed E-state index contributed by atoms with van der Waals surface area (Å²) in [7, 11) is 0. The van der Waals surface area contributed by atoms with Gasteiger partial charge < -0.3 is 9.84 Å². The molecule has 4 bridgehead atoms. The topological polar surface area (TPSA) is 48.8 Å². The van der Waals surface area contributed by atoms with E-state index in [9.17, 15) is 5.11 Å². The van der Waals surface area contributed by atoms with Crippen molar-refractivity contribution in [2.24, 2.45) is 11.3 Å². The van der Waals surface area contributed by atoms with E-state index >= 15 is 0 Å². The van der Waals surface area contributed by atoms with Crippen molar-refractivity contribution >= 4 is 10.9 Å². The Labute approximate surface area is 218 Å². The molecule has 10 rings (SSSR count). The molecular formula is C32H35N3O2. The minimum atomic E-state index is 0.0356. The van der Waals surface area contributed by atoms with Crippen molar-refractivity contribution < 1.29 is 9.84 Å². The molecule has 3 saturated heterocycles. The van der Waals surface area contributed by atoms with Crippen molar-refractivity contribution in [2.45, 2.75) is 75.1 Å². The van der Waals surface area contributed by atoms with E-state index in [1.54, 1.807) is 0 Å². The molecule has 0 radical (unpaired) electrons. The lowest BCUT2D eigenvalue weighted by molar-refractivity contribution is -0.131. The van der Waals surface area contributed by atoms with Gasteiger partial charge in [0.05, 0.1) is 11.2 Å². The first-order valence-electron chi connectivity index (χ1n) is 14.5. The maximum absolute atomic E-state index is 11.0. The van der Waals surface area contributed by atoms with Gasteiger partial charge in [0.25, 0.3) is 0 Å². The van der Waals surface area contributed by atoms with Gasteiger partial charge in [0, 0.05) is 47.0 Å². The van der Waals surface area contributed by atoms with Crippen LogP contribution in [0.25, 0.3) is 10.9 Å². The molecule has 3 aromatic rings. The van der Waals surface area contributed by atoms with Crippen LogP contribution in [0.1, 0.15) is 55.3 Å². The number of benzene rings is 2. The zero-order valence-electron chi connectivity index (χ0n) is 21.4. The van der Waals surface area contributed by atoms with Crippen LogP contribution in [-0.2, 0) is 18.4 Å². The van der Waals surface area contributed by atoms with Crippen LogP contribution in [0.5, 0.6) is 11.5 Å². The summed E-state index contributed by atoms with van der Waals surface area (Å²) >= 11 is 0. The Morgan fingerprint density at radius 1 is 0.946 bits per heavy atom. The summed E-state index contributed by atoms with van der Waals surface area (Å²) in [6, 6.07) is 17.9. The molecule has 1 N–H and O–H groups in total. The number of nitrogens with zero attached hydrogens (tertiary/aromatic N) is 3. The summed E-state index contributed by atoms with van der Waals surface area (Å²) in [5, 5.41) is 12.2. The molecule has 5 atom stereocenters. The smallest absolute Gasteiger partial charge is 0.165 e. The summed E-state index contributed by atoms with van der Waals surface area (Å²) < 4.78 is 6.95. The Hall–Kier alpha value is -2.63. The maximum atomic E-state index is 11.0. The molecule has 190 valence electrons. The summed E-state index contributed by atoms with van der Waals surface area (Å²) in [4.78, 5) is 10.7. The van der Waals surface area contributed by atoms with E-state index in [2.05, 4.69) is 52.3 Å². The van der Waals surface area contributed by atoms with E-state index < -0.39 is 0 Å². The van der Waals surface area contributed by atoms with Gasteiger partial charge in [-0.1, -0.05) is 30.3 Å². The highest BCUT2D eigenvalue weighted by molar-refractivity contribution is 5.78. The first kappa shape index (κ1) is 21.3. The molecule has 5 fully saturated rings. The van der Waals surface area contributed by atoms with Crippen LogP contribution in [0.15, 0.2) is 48.5 Å². The third kappa shape index (κ3) is 2.70. The summed E-state index contributed by atoms with van der Waals surface area (Å²) in [6.45, 7) is 4.43. The second-order valence-corrected chi connectivity index (χ2v) is 12.8. The Morgan fingerprint density at radius 3 is 2.76 bits per heavy atom. The number of aromatic hydroxyl groups is 1. The largest absolute Gasteiger partial charge is 0.504 e. The molecule has 5 nitrogen and oxygen atoms in total. The molecular weight excluding hydrogens is 458 g/mol. The highest BCUT2D eigenvalue weighted by Crippen LogP contribution is 2.71. The number of pyridine rings is 1. The Kier molecular flexibility index (Phi) is 4.19. The number of rotatable bonds is 4. The van der Waals surface area contributed by atoms with Crippen LogP contribution >= 0.6 is 0 Å². The molecule has 37 heavy (non-hydrogen) atoms. The molecule has 3 aliphatic carbocycles. The molecule has 5 heteroatoms. The molecule has 2 aromatic carbocycles. The van der Waals surface area contributed by atoms with Crippen LogP contribution in [0, 0.1) is 11.3 Å². The normalized spacial score (nSPS) is 35.8. The number of piperidine rings is 1. The predicted molar refractivity (Wildman–Crippen MR) is 143 cm³/mol. The fraction of sp³-hybridized carbons (Fsp3) is 0.531. The molecule has 5 heterocycles. The number of hydrogen-bond acceptors (Lipinski definition) is 5. The van der Waals surface area contributed by atoms with Crippen LogP contribution in [0.2, 0.25) is 0 Å². The van der Waals surface area contributed by atoms with Crippen molar-refractivity contribution in [3.63, 3.8) is 0 Å². The van der Waals surface area contributed by atoms with E-state index in [1.165, 1.54) is 68.1 Å². The van der Waals surface area contributed by atoms with Crippen molar-refractivity contribution in [2.75, 3.05) is 19.6 Å². The van der Waals surface area contributed by atoms with Gasteiger partial charge in [-0.3, -0.25) is 14.8 Å². The third-order valence-electron chi connectivity index (χ3n) is 11.3. The summed E-state index contributed by atoms with van der Waals surface area (Å²) in [6.07, 6.45) is 8.91. The number of hydrogen-bond donors (Lipinski definition) is 1. The lowest BCUT2D eigenvalue weighted by Gasteiger charge is -2.66. The SMILES string of the molecule is Oc1ccc2c3c1O[C@H]1[C@H]4CC[C@@]5(CCN4Cc4ccc6ccccc6n4)[C@@H](C2)N(CC2CC2)CC[C@]315. The highest BCUT2D eigenvalue weighted by atomic mass is 16.5. The number of ether oxygens (including phenoxy) is 1. The van der Waals surface area contributed by atoms with Gasteiger partial charge in [-0.2, -0.15) is 0 Å². The van der Waals surface area contributed by atoms with Crippen LogP contribution in [-0.4, -0.2) is 57.7 Å². The quantitative estimate of drug-likeness (QED) is 0.552. The second kappa shape index (κ2) is 7.27. The van der Waals surface area contributed by atoms with Crippen LogP contribution < -0.4 is 4.74 Å². The minimum absolute atomic E-state index is 0.0356. The monoisotopic (exact) mass is 493 g/mol. The van der Waals surface area contributed by atoms with Gasteiger partial charge in [-0.15, -0.1) is 0 Å². The molecule has 2 spiro atoms. The van der Waals surface area contributed by atoms with E-state index in [0.717, 1.165) is 42.4 Å². The van der Waals surface area contributed by atoms with Crippen molar-refractivity contribution in [1.29, 1.82) is 0 Å². The Balaban J connectivity index is 1.16. The van der Waals surface area contributed by atoms with Gasteiger partial charge in [-0.25, -0.2) is 0 Å². The average molecular weight is 494 g/mol. The van der Waals surface area contributed by atoms with Gasteiger partial charge >= 0.3 is 0 Å². The van der Waals surface area contributed by atoms with Crippen LogP contribution in [0.3, 0.4) is 0 Å². The Morgan fingerprint density at radius 2 is 1.84 bits per heavy atom. The fourth-order valence-electron chi connectivity index (χ4n) is 9.67. The zero-order valence-corrected chi connectivity index (χ0v) is 21.4. The number of aromatic nitrogens is 1. The first-order chi connectivity index (χ1) is 18.2. The van der Waals surface area contributed by atoms with E-state index in [0.29, 0.717) is 17.8 Å². The molecule has 1 aromatic heterocycles. The lowest BCUT2D eigenvalue weighted by Crippen LogP contribution is -2.72. The van der Waals surface area contributed by atoms with Gasteiger partial charge in [0.2, 0.25) is 0 Å². The molecule has 7 aliphatic rings. The fourth-order valence-corrected chi connectivity index (χ4v) is 9.67. The number of fused-ring (bicyclic) bond motifs is 4. The van der Waals surface area contributed by atoms with Crippen LogP contribution in [0.4, 0.5) is 0 Å². The average Bonchev–Trinajstić information content (AvgIpc) is 3.70. The maximum Gasteiger partial charge on any atom is 0.165 e. The van der Waals surface area contributed by atoms with Gasteiger partial charge in [0.1, 0.15) is 6.10 Å². The first-order valence-corrected chi connectivity index (χ1v) is 14.5. The second-order valence-electron chi connectivity index (χ2n) is 12.8. The zero-order chi connectivity index (χ0) is 24.4. The molecule has 2 saturated carbocycles. The van der Waals surface area contributed by atoms with Gasteiger partial charge in [0.15, 0.2) is 11.5 Å². The summed E-state index contributed by atoms with van der Waals surface area (Å²) in [5.41, 5.74) is 5.35. The standard InChI is InChI=1S/C32H35N3O2/c36-26-10-8-22-17-27-31-12-11-25(34(15-13-31)19-23-9-7-21-3-1-2-4-24(21)33-23)30-32(31,28(22)29(26)37-30)14-16-35(27)18-20-5-6-20/h1-4,7-10,20,25,27,30,36H,5-6,11-19H2/t25-,27-,30+,31-,32+/m1/s1.